The Morgan fingerprint density at radius 3 is 1.66 bits per heavy atom. The molecule has 0 radical (unpaired) electrons. The number of anilines is 2. The number of rotatable bonds is 12. The summed E-state index contributed by atoms with van der Waals surface area (Å²) in [5.41, 5.74) is 7.29. The van der Waals surface area contributed by atoms with E-state index in [0.29, 0.717) is 57.8 Å². The van der Waals surface area contributed by atoms with Crippen molar-refractivity contribution in [2.45, 2.75) is 65.5 Å². The van der Waals surface area contributed by atoms with Crippen molar-refractivity contribution < 1.29 is 14.0 Å². The van der Waals surface area contributed by atoms with Crippen molar-refractivity contribution in [2.75, 3.05) is 23.7 Å². The van der Waals surface area contributed by atoms with E-state index in [9.17, 15) is 14.0 Å². The number of halogens is 2. The van der Waals surface area contributed by atoms with Gasteiger partial charge in [-0.15, -0.1) is 0 Å². The van der Waals surface area contributed by atoms with Gasteiger partial charge in [-0.1, -0.05) is 70.0 Å². The van der Waals surface area contributed by atoms with Gasteiger partial charge in [0.25, 0.3) is 11.8 Å². The van der Waals surface area contributed by atoms with Gasteiger partial charge in [0.1, 0.15) is 16.1 Å². The maximum atomic E-state index is 14.1. The lowest BCUT2D eigenvalue weighted by Gasteiger charge is -2.11. The molecule has 0 bridgehead atoms. The number of imidazole rings is 2. The molecule has 0 unspecified atom stereocenters. The Morgan fingerprint density at radius 2 is 1.18 bits per heavy atom. The molecule has 14 heteroatoms. The minimum absolute atomic E-state index is 0.00527. The van der Waals surface area contributed by atoms with Crippen molar-refractivity contribution in [3.8, 4) is 34.4 Å². The van der Waals surface area contributed by atoms with Crippen molar-refractivity contribution in [2.24, 2.45) is 11.8 Å². The number of nitrogens with one attached hydrogen (secondary N) is 4. The van der Waals surface area contributed by atoms with Crippen LogP contribution in [0.5, 0.6) is 0 Å². The van der Waals surface area contributed by atoms with Crippen LogP contribution in [-0.2, 0) is 0 Å². The SMILES string of the molecule is CC(C)CNc1nc(Br)cn2c(-c3ccc(C(=O)NC4CC4)cc3)cnc12.CC(C)CNc1nc(C#Cc2ccccc2F)cn2c(-c3ccc(C(=O)NC4CC4)cc3)cnc12. The number of hydrogen-bond acceptors (Lipinski definition) is 8. The number of benzene rings is 3. The molecule has 12 nitrogen and oxygen atoms in total. The first-order chi connectivity index (χ1) is 30.0. The van der Waals surface area contributed by atoms with E-state index in [2.05, 4.69) is 96.7 Å². The predicted molar refractivity (Wildman–Crippen MR) is 245 cm³/mol. The first-order valence-corrected chi connectivity index (χ1v) is 21.8. The predicted octanol–water partition coefficient (Wildman–Crippen LogP) is 9.01. The highest BCUT2D eigenvalue weighted by molar-refractivity contribution is 9.10. The Kier molecular flexibility index (Phi) is 12.6. The molecule has 62 heavy (non-hydrogen) atoms. The molecule has 0 saturated heterocycles. The second-order valence-electron chi connectivity index (χ2n) is 16.5. The van der Waals surface area contributed by atoms with Crippen LogP contribution in [0, 0.1) is 29.5 Å². The van der Waals surface area contributed by atoms with Crippen LogP contribution in [0.3, 0.4) is 0 Å². The van der Waals surface area contributed by atoms with E-state index in [-0.39, 0.29) is 17.6 Å². The number of aromatic nitrogens is 6. The van der Waals surface area contributed by atoms with Crippen molar-refractivity contribution in [3.05, 3.63) is 130 Å². The molecular formula is C48H48BrFN10O2. The molecule has 0 aliphatic heterocycles. The summed E-state index contributed by atoms with van der Waals surface area (Å²) in [6, 6.07) is 22.2. The van der Waals surface area contributed by atoms with Gasteiger partial charge in [0.2, 0.25) is 0 Å². The Balaban J connectivity index is 0.000000176. The maximum absolute atomic E-state index is 14.1. The topological polar surface area (TPSA) is 143 Å². The van der Waals surface area contributed by atoms with E-state index in [4.69, 9.17) is 0 Å². The number of amides is 2. The lowest BCUT2D eigenvalue weighted by Crippen LogP contribution is -2.25. The van der Waals surface area contributed by atoms with Crippen LogP contribution in [0.2, 0.25) is 0 Å². The summed E-state index contributed by atoms with van der Waals surface area (Å²) < 4.78 is 18.7. The third kappa shape index (κ3) is 10.3. The first kappa shape index (κ1) is 42.1. The van der Waals surface area contributed by atoms with Gasteiger partial charge >= 0.3 is 0 Å². The average Bonchev–Trinajstić information content (AvgIpc) is 4.18. The van der Waals surface area contributed by atoms with Gasteiger partial charge in [-0.3, -0.25) is 18.4 Å². The molecule has 2 fully saturated rings. The number of carbonyl (C=O) groups excluding carboxylic acids is 2. The van der Waals surface area contributed by atoms with Gasteiger partial charge < -0.3 is 21.3 Å². The number of nitrogens with zero attached hydrogens (tertiary/aromatic N) is 6. The normalized spacial score (nSPS) is 13.4. The monoisotopic (exact) mass is 894 g/mol. The summed E-state index contributed by atoms with van der Waals surface area (Å²) in [6.07, 6.45) is 11.6. The lowest BCUT2D eigenvalue weighted by molar-refractivity contribution is 0.0942. The Hall–Kier alpha value is -6.59. The highest BCUT2D eigenvalue weighted by atomic mass is 79.9. The zero-order valence-corrected chi connectivity index (χ0v) is 36.6. The van der Waals surface area contributed by atoms with E-state index in [1.807, 2.05) is 69.7 Å². The third-order valence-electron chi connectivity index (χ3n) is 10.2. The molecule has 2 aliphatic rings. The molecule has 4 N–H and O–H groups in total. The van der Waals surface area contributed by atoms with Crippen LogP contribution >= 0.6 is 15.9 Å². The molecule has 0 atom stereocenters. The fourth-order valence-electron chi connectivity index (χ4n) is 6.54. The number of carbonyl (C=O) groups is 2. The van der Waals surface area contributed by atoms with E-state index in [1.165, 1.54) is 6.07 Å². The van der Waals surface area contributed by atoms with Crippen LogP contribution in [0.25, 0.3) is 33.8 Å². The fourth-order valence-corrected chi connectivity index (χ4v) is 6.93. The molecule has 4 aromatic heterocycles. The third-order valence-corrected chi connectivity index (χ3v) is 10.6. The van der Waals surface area contributed by atoms with Gasteiger partial charge in [-0.05, 0) is 95.8 Å². The van der Waals surface area contributed by atoms with E-state index in [0.717, 1.165) is 77.4 Å². The van der Waals surface area contributed by atoms with Crippen molar-refractivity contribution in [1.29, 1.82) is 0 Å². The van der Waals surface area contributed by atoms with Crippen LogP contribution in [0.15, 0.2) is 102 Å². The molecule has 2 aliphatic carbocycles. The average molecular weight is 896 g/mol. The molecule has 2 saturated carbocycles. The maximum Gasteiger partial charge on any atom is 0.251 e. The van der Waals surface area contributed by atoms with Gasteiger partial charge in [0, 0.05) is 59.8 Å². The zero-order valence-electron chi connectivity index (χ0n) is 35.0. The molecular weight excluding hydrogens is 847 g/mol. The van der Waals surface area contributed by atoms with Gasteiger partial charge in [0.15, 0.2) is 22.9 Å². The van der Waals surface area contributed by atoms with Crippen LogP contribution in [0.4, 0.5) is 16.0 Å². The van der Waals surface area contributed by atoms with E-state index < -0.39 is 0 Å². The van der Waals surface area contributed by atoms with Crippen LogP contribution < -0.4 is 21.3 Å². The largest absolute Gasteiger partial charge is 0.367 e. The molecule has 3 aromatic carbocycles. The van der Waals surface area contributed by atoms with Crippen LogP contribution in [0.1, 0.15) is 85.4 Å². The number of fused-ring (bicyclic) bond motifs is 2. The smallest absolute Gasteiger partial charge is 0.251 e. The van der Waals surface area contributed by atoms with Gasteiger partial charge in [0.05, 0.1) is 29.3 Å². The Labute approximate surface area is 368 Å². The number of hydrogen-bond donors (Lipinski definition) is 4. The van der Waals surface area contributed by atoms with Crippen LogP contribution in [-0.4, -0.2) is 65.7 Å². The zero-order chi connectivity index (χ0) is 43.3. The summed E-state index contributed by atoms with van der Waals surface area (Å²) in [4.78, 5) is 42.8. The molecule has 0 spiro atoms. The first-order valence-electron chi connectivity index (χ1n) is 21.0. The van der Waals surface area contributed by atoms with Gasteiger partial charge in [-0.2, -0.15) is 0 Å². The summed E-state index contributed by atoms with van der Waals surface area (Å²) in [5, 5.41) is 12.7. The van der Waals surface area contributed by atoms with Crippen molar-refractivity contribution >= 4 is 50.7 Å². The summed E-state index contributed by atoms with van der Waals surface area (Å²) in [6.45, 7) is 10.1. The molecule has 4 heterocycles. The second kappa shape index (κ2) is 18.6. The molecule has 7 aromatic rings. The summed E-state index contributed by atoms with van der Waals surface area (Å²) in [7, 11) is 0. The van der Waals surface area contributed by atoms with Gasteiger partial charge in [-0.25, -0.2) is 24.3 Å². The molecule has 9 rings (SSSR count). The molecule has 316 valence electrons. The fraction of sp³-hybridized carbons (Fsp3) is 0.292. The highest BCUT2D eigenvalue weighted by Crippen LogP contribution is 2.28. The lowest BCUT2D eigenvalue weighted by atomic mass is 10.1. The quantitative estimate of drug-likeness (QED) is 0.0891. The van der Waals surface area contributed by atoms with E-state index in [1.54, 1.807) is 30.6 Å². The molecule has 2 amide bonds. The minimum atomic E-state index is -0.367. The van der Waals surface area contributed by atoms with Crippen molar-refractivity contribution in [1.82, 2.24) is 39.4 Å². The highest BCUT2D eigenvalue weighted by Gasteiger charge is 2.25. The summed E-state index contributed by atoms with van der Waals surface area (Å²) >= 11 is 3.49. The minimum Gasteiger partial charge on any atom is -0.367 e. The summed E-state index contributed by atoms with van der Waals surface area (Å²) in [5.74, 6) is 7.75. The second-order valence-corrected chi connectivity index (χ2v) is 17.3. The Bertz CT molecular complexity index is 2800. The standard InChI is InChI=1S/C28H26FN5O.C20H22BrN5O/c1-18(2)15-30-26-27-31-16-25(20-7-9-21(10-8-20)28(35)33-22-13-14-22)34(27)17-23(32-26)12-11-19-5-3-4-6-24(19)29;1-12(2)9-22-18-19-23-10-16(26(19)11-17(21)25-18)13-3-5-14(6-4-13)20(27)24-15-7-8-15/h3-10,16-18,22H,13-15H2,1-2H3,(H,30,32)(H,33,35);3-6,10-12,15H,7-9H2,1-2H3,(H,22,25)(H,24,27). The Morgan fingerprint density at radius 1 is 0.694 bits per heavy atom. The van der Waals surface area contributed by atoms with E-state index >= 15 is 0 Å². The van der Waals surface area contributed by atoms with Crippen molar-refractivity contribution in [3.63, 3.8) is 0 Å².